The summed E-state index contributed by atoms with van der Waals surface area (Å²) in [6, 6.07) is 6.40. The molecule has 0 aromatic heterocycles. The molecule has 1 saturated heterocycles. The summed E-state index contributed by atoms with van der Waals surface area (Å²) in [5.74, 6) is 1.14. The quantitative estimate of drug-likeness (QED) is 0.534. The second-order valence-electron chi connectivity index (χ2n) is 9.43. The van der Waals surface area contributed by atoms with Crippen LogP contribution in [0, 0.1) is 11.8 Å². The lowest BCUT2D eigenvalue weighted by atomic mass is 9.75. The van der Waals surface area contributed by atoms with E-state index < -0.39 is 14.8 Å². The van der Waals surface area contributed by atoms with Crippen LogP contribution in [0.5, 0.6) is 5.75 Å². The zero-order chi connectivity index (χ0) is 18.7. The molecular weight excluding hydrogens is 344 g/mol. The molecule has 1 heterocycles. The van der Waals surface area contributed by atoms with E-state index in [2.05, 4.69) is 52.1 Å². The number of rotatable bonds is 6. The highest BCUT2D eigenvalue weighted by molar-refractivity contribution is 6.49. The van der Waals surface area contributed by atoms with Crippen LogP contribution < -0.4 is 4.43 Å². The van der Waals surface area contributed by atoms with E-state index in [4.69, 9.17) is 18.9 Å². The first-order valence-corrected chi connectivity index (χ1v) is 12.8. The summed E-state index contributed by atoms with van der Waals surface area (Å²) < 4.78 is 12.7. The monoisotopic (exact) mass is 376 g/mol. The molecule has 2 aliphatic carbocycles. The Hall–Kier alpha value is -0.883. The van der Waals surface area contributed by atoms with Gasteiger partial charge in [-0.15, -0.1) is 0 Å². The second kappa shape index (κ2) is 6.06. The fourth-order valence-corrected chi connectivity index (χ4v) is 5.28. The van der Waals surface area contributed by atoms with Gasteiger partial charge in [0.05, 0.1) is 5.56 Å². The van der Waals surface area contributed by atoms with Crippen LogP contribution >= 0.6 is 0 Å². The highest BCUT2D eigenvalue weighted by atomic mass is 28.3. The molecule has 144 valence electrons. The summed E-state index contributed by atoms with van der Waals surface area (Å²) in [6.45, 7) is 11.1. The standard InChI is InChI=1S/C21H32O4Si/c1-19(2,3)16-8-7-9-17(18(16)23-26(5)6)21(22-4)20(24-25-21,14-10-11-14)15-12-13-15/h7-9,14-15,26H,10-13H2,1-6H3. The van der Waals surface area contributed by atoms with Crippen molar-refractivity contribution in [3.63, 3.8) is 0 Å². The van der Waals surface area contributed by atoms with Gasteiger partial charge >= 0.3 is 0 Å². The third-order valence-electron chi connectivity index (χ3n) is 6.00. The van der Waals surface area contributed by atoms with Gasteiger partial charge in [-0.25, -0.2) is 4.89 Å². The first-order chi connectivity index (χ1) is 12.3. The molecule has 0 N–H and O–H groups in total. The lowest BCUT2D eigenvalue weighted by Crippen LogP contribution is -2.68. The summed E-state index contributed by atoms with van der Waals surface area (Å²) in [6.07, 6.45) is 4.77. The Morgan fingerprint density at radius 3 is 2.04 bits per heavy atom. The molecule has 1 unspecified atom stereocenters. The summed E-state index contributed by atoms with van der Waals surface area (Å²) in [4.78, 5) is 11.8. The molecule has 1 aromatic carbocycles. The van der Waals surface area contributed by atoms with Gasteiger partial charge in [-0.2, -0.15) is 4.89 Å². The fourth-order valence-electron chi connectivity index (χ4n) is 4.55. The number of para-hydroxylation sites is 1. The van der Waals surface area contributed by atoms with E-state index in [0.29, 0.717) is 11.8 Å². The van der Waals surface area contributed by atoms with Gasteiger partial charge in [0.15, 0.2) is 5.60 Å². The van der Waals surface area contributed by atoms with E-state index >= 15 is 0 Å². The van der Waals surface area contributed by atoms with Crippen molar-refractivity contribution in [1.82, 2.24) is 0 Å². The lowest BCUT2D eigenvalue weighted by Gasteiger charge is -2.56. The van der Waals surface area contributed by atoms with Crippen LogP contribution in [0.25, 0.3) is 0 Å². The minimum Gasteiger partial charge on any atom is -0.546 e. The van der Waals surface area contributed by atoms with Crippen LogP contribution in [-0.2, 0) is 25.7 Å². The Kier molecular flexibility index (Phi) is 4.31. The normalized spacial score (nSPS) is 28.1. The predicted octanol–water partition coefficient (Wildman–Crippen LogP) is 4.67. The van der Waals surface area contributed by atoms with Crippen molar-refractivity contribution < 1.29 is 18.9 Å². The topological polar surface area (TPSA) is 36.9 Å². The molecule has 5 heteroatoms. The van der Waals surface area contributed by atoms with Crippen LogP contribution in [0.2, 0.25) is 13.1 Å². The van der Waals surface area contributed by atoms with Crippen molar-refractivity contribution in [3.05, 3.63) is 29.3 Å². The van der Waals surface area contributed by atoms with Crippen molar-refractivity contribution in [2.75, 3.05) is 7.11 Å². The van der Waals surface area contributed by atoms with E-state index in [0.717, 1.165) is 11.3 Å². The van der Waals surface area contributed by atoms with Crippen molar-refractivity contribution in [2.45, 2.75) is 76.4 Å². The molecule has 2 saturated carbocycles. The summed E-state index contributed by atoms with van der Waals surface area (Å²) in [5, 5.41) is 0. The molecule has 4 nitrogen and oxygen atoms in total. The zero-order valence-electron chi connectivity index (χ0n) is 16.9. The highest BCUT2D eigenvalue weighted by Crippen LogP contribution is 2.68. The maximum absolute atomic E-state index is 6.50. The maximum Gasteiger partial charge on any atom is 0.264 e. The summed E-state index contributed by atoms with van der Waals surface area (Å²) in [7, 11) is 0.445. The van der Waals surface area contributed by atoms with Crippen LogP contribution in [0.4, 0.5) is 0 Å². The fraction of sp³-hybridized carbons (Fsp3) is 0.714. The summed E-state index contributed by atoms with van der Waals surface area (Å²) >= 11 is 0. The number of benzene rings is 1. The van der Waals surface area contributed by atoms with Gasteiger partial charge < -0.3 is 9.16 Å². The van der Waals surface area contributed by atoms with E-state index in [1.54, 1.807) is 7.11 Å². The van der Waals surface area contributed by atoms with Gasteiger partial charge in [0, 0.05) is 7.11 Å². The summed E-state index contributed by atoms with van der Waals surface area (Å²) in [5.41, 5.74) is 1.85. The first-order valence-electron chi connectivity index (χ1n) is 9.99. The van der Waals surface area contributed by atoms with E-state index in [9.17, 15) is 0 Å². The molecule has 0 spiro atoms. The maximum atomic E-state index is 6.50. The van der Waals surface area contributed by atoms with Gasteiger partial charge in [0.2, 0.25) is 9.04 Å². The highest BCUT2D eigenvalue weighted by Gasteiger charge is 2.77. The minimum absolute atomic E-state index is 0.0179. The molecule has 26 heavy (non-hydrogen) atoms. The average molecular weight is 377 g/mol. The Labute approximate surface area is 158 Å². The van der Waals surface area contributed by atoms with E-state index in [1.165, 1.54) is 31.2 Å². The molecular formula is C21H32O4Si. The van der Waals surface area contributed by atoms with Crippen LogP contribution in [-0.4, -0.2) is 21.8 Å². The van der Waals surface area contributed by atoms with Gasteiger partial charge in [0.25, 0.3) is 5.79 Å². The molecule has 3 aliphatic rings. The first kappa shape index (κ1) is 18.5. The number of hydrogen-bond donors (Lipinski definition) is 0. The largest absolute Gasteiger partial charge is 0.546 e. The molecule has 4 rings (SSSR count). The van der Waals surface area contributed by atoms with Crippen LogP contribution in [0.15, 0.2) is 18.2 Å². The van der Waals surface area contributed by atoms with E-state index in [-0.39, 0.29) is 11.0 Å². The second-order valence-corrected chi connectivity index (χ2v) is 11.8. The zero-order valence-corrected chi connectivity index (χ0v) is 18.1. The Morgan fingerprint density at radius 2 is 1.65 bits per heavy atom. The Bertz CT molecular complexity index is 672. The van der Waals surface area contributed by atoms with Crippen LogP contribution in [0.1, 0.15) is 57.6 Å². The Balaban J connectivity index is 1.88. The van der Waals surface area contributed by atoms with Crippen molar-refractivity contribution >= 4 is 9.04 Å². The SMILES string of the molecule is COC1(c2cccc(C(C)(C)C)c2O[SiH](C)C)OOC1(C1CC1)C1CC1. The number of ether oxygens (including phenoxy) is 1. The molecule has 1 atom stereocenters. The number of hydrogen-bond acceptors (Lipinski definition) is 4. The van der Waals surface area contributed by atoms with Gasteiger partial charge in [-0.3, -0.25) is 0 Å². The van der Waals surface area contributed by atoms with Gasteiger partial charge in [-0.05, 0) is 67.7 Å². The third-order valence-corrected chi connectivity index (χ3v) is 6.70. The van der Waals surface area contributed by atoms with Crippen molar-refractivity contribution in [2.24, 2.45) is 11.8 Å². The lowest BCUT2D eigenvalue weighted by molar-refractivity contribution is -0.628. The molecule has 0 bridgehead atoms. The molecule has 3 fully saturated rings. The van der Waals surface area contributed by atoms with Gasteiger partial charge in [-0.1, -0.05) is 32.9 Å². The minimum atomic E-state index is -1.31. The van der Waals surface area contributed by atoms with Gasteiger partial charge in [0.1, 0.15) is 5.75 Å². The Morgan fingerprint density at radius 1 is 1.04 bits per heavy atom. The third kappa shape index (κ3) is 2.59. The predicted molar refractivity (Wildman–Crippen MR) is 104 cm³/mol. The smallest absolute Gasteiger partial charge is 0.264 e. The van der Waals surface area contributed by atoms with E-state index in [1.807, 2.05) is 0 Å². The van der Waals surface area contributed by atoms with Crippen molar-refractivity contribution in [3.8, 4) is 5.75 Å². The number of methoxy groups -OCH3 is 1. The van der Waals surface area contributed by atoms with Crippen molar-refractivity contribution in [1.29, 1.82) is 0 Å². The average Bonchev–Trinajstić information content (AvgIpc) is 3.42. The molecule has 0 amide bonds. The molecule has 1 aliphatic heterocycles. The molecule has 0 radical (unpaired) electrons. The molecule has 1 aromatic rings. The van der Waals surface area contributed by atoms with Crippen LogP contribution in [0.3, 0.4) is 0 Å².